The number of nitrogens with zero attached hydrogens (tertiary/aromatic N) is 1. The van der Waals surface area contributed by atoms with Crippen molar-refractivity contribution in [1.29, 1.82) is 0 Å². The molecule has 1 heterocycles. The fourth-order valence-corrected chi connectivity index (χ4v) is 3.73. The topological polar surface area (TPSA) is 67.9 Å². The molecule has 0 radical (unpaired) electrons. The third-order valence-corrected chi connectivity index (χ3v) is 5.83. The summed E-state index contributed by atoms with van der Waals surface area (Å²) in [5.41, 5.74) is 3.29. The van der Waals surface area contributed by atoms with Crippen molar-refractivity contribution >= 4 is 11.8 Å². The number of ether oxygens (including phenoxy) is 2. The number of hydrogen-bond acceptors (Lipinski definition) is 4. The van der Waals surface area contributed by atoms with Crippen LogP contribution >= 0.6 is 0 Å². The molecule has 6 heteroatoms. The summed E-state index contributed by atoms with van der Waals surface area (Å²) in [6.07, 6.45) is 2.32. The number of aryl methyl sites for hydroxylation is 2. The van der Waals surface area contributed by atoms with Crippen LogP contribution in [-0.2, 0) is 16.0 Å². The monoisotopic (exact) mass is 424 g/mol. The number of likely N-dealkylation sites (tertiary alicyclic amines) is 1. The molecule has 0 saturated carbocycles. The third kappa shape index (κ3) is 6.23. The van der Waals surface area contributed by atoms with Gasteiger partial charge in [0, 0.05) is 19.1 Å². The van der Waals surface area contributed by atoms with E-state index in [1.807, 2.05) is 61.2 Å². The highest BCUT2D eigenvalue weighted by Crippen LogP contribution is 2.21. The Hall–Kier alpha value is -3.02. The van der Waals surface area contributed by atoms with Gasteiger partial charge < -0.3 is 19.7 Å². The quantitative estimate of drug-likeness (QED) is 0.705. The predicted octanol–water partition coefficient (Wildman–Crippen LogP) is 3.43. The van der Waals surface area contributed by atoms with Crippen molar-refractivity contribution < 1.29 is 19.1 Å². The van der Waals surface area contributed by atoms with Gasteiger partial charge in [0.15, 0.2) is 13.2 Å². The molecule has 0 aromatic heterocycles. The van der Waals surface area contributed by atoms with Gasteiger partial charge in [-0.3, -0.25) is 9.59 Å². The number of hydrogen-bond donors (Lipinski definition) is 1. The lowest BCUT2D eigenvalue weighted by molar-refractivity contribution is -0.134. The van der Waals surface area contributed by atoms with E-state index in [1.54, 1.807) is 0 Å². The Morgan fingerprint density at radius 3 is 2.39 bits per heavy atom. The Morgan fingerprint density at radius 2 is 1.65 bits per heavy atom. The first-order chi connectivity index (χ1) is 15.0. The molecule has 31 heavy (non-hydrogen) atoms. The Labute approximate surface area is 184 Å². The van der Waals surface area contributed by atoms with Crippen LogP contribution in [0, 0.1) is 13.8 Å². The minimum absolute atomic E-state index is 0.000157. The van der Waals surface area contributed by atoms with E-state index in [9.17, 15) is 9.59 Å². The molecule has 2 amide bonds. The van der Waals surface area contributed by atoms with E-state index < -0.39 is 0 Å². The van der Waals surface area contributed by atoms with E-state index in [0.29, 0.717) is 13.1 Å². The molecule has 1 N–H and O–H groups in total. The van der Waals surface area contributed by atoms with Crippen LogP contribution < -0.4 is 14.8 Å². The Kier molecular flexibility index (Phi) is 7.93. The summed E-state index contributed by atoms with van der Waals surface area (Å²) in [6, 6.07) is 13.7. The fraction of sp³-hybridized carbons (Fsp3) is 0.440. The molecule has 1 aliphatic heterocycles. The van der Waals surface area contributed by atoms with E-state index in [2.05, 4.69) is 12.2 Å². The van der Waals surface area contributed by atoms with Crippen molar-refractivity contribution in [2.45, 2.75) is 46.1 Å². The standard InChI is InChI=1S/C25H32N2O4/c1-4-20-9-5-6-10-23(20)30-16-24(28)26-21-12-14-27(15-13-21)25(29)17-31-22-11-7-8-18(2)19(22)3/h5-11,21H,4,12-17H2,1-3H3,(H,26,28). The van der Waals surface area contributed by atoms with Gasteiger partial charge in [0.2, 0.25) is 0 Å². The zero-order valence-electron chi connectivity index (χ0n) is 18.6. The molecule has 0 bridgehead atoms. The average molecular weight is 425 g/mol. The molecule has 6 nitrogen and oxygen atoms in total. The molecule has 3 rings (SSSR count). The zero-order chi connectivity index (χ0) is 22.2. The molecule has 2 aromatic rings. The van der Waals surface area contributed by atoms with Gasteiger partial charge in [-0.05, 0) is 61.9 Å². The van der Waals surface area contributed by atoms with Crippen molar-refractivity contribution in [3.05, 3.63) is 59.2 Å². The maximum atomic E-state index is 12.5. The highest BCUT2D eigenvalue weighted by Gasteiger charge is 2.24. The lowest BCUT2D eigenvalue weighted by Gasteiger charge is -2.32. The molecule has 1 saturated heterocycles. The van der Waals surface area contributed by atoms with Gasteiger partial charge in [0.05, 0.1) is 0 Å². The molecule has 0 spiro atoms. The number of nitrogens with one attached hydrogen (secondary N) is 1. The molecule has 2 aromatic carbocycles. The normalized spacial score (nSPS) is 14.2. The molecular formula is C25H32N2O4. The number of amides is 2. The maximum Gasteiger partial charge on any atom is 0.260 e. The molecule has 0 unspecified atom stereocenters. The molecule has 1 fully saturated rings. The van der Waals surface area contributed by atoms with Crippen LogP contribution in [0.15, 0.2) is 42.5 Å². The van der Waals surface area contributed by atoms with E-state index in [1.165, 1.54) is 0 Å². The van der Waals surface area contributed by atoms with Gasteiger partial charge in [-0.1, -0.05) is 37.3 Å². The van der Waals surface area contributed by atoms with Crippen LogP contribution in [0.5, 0.6) is 11.5 Å². The van der Waals surface area contributed by atoms with Crippen LogP contribution in [0.1, 0.15) is 36.5 Å². The minimum atomic E-state index is -0.131. The van der Waals surface area contributed by atoms with E-state index in [4.69, 9.17) is 9.47 Å². The summed E-state index contributed by atoms with van der Waals surface area (Å²) >= 11 is 0. The number of rotatable bonds is 8. The number of para-hydroxylation sites is 1. The van der Waals surface area contributed by atoms with Crippen LogP contribution in [0.2, 0.25) is 0 Å². The van der Waals surface area contributed by atoms with Crippen molar-refractivity contribution in [1.82, 2.24) is 10.2 Å². The number of piperidine rings is 1. The lowest BCUT2D eigenvalue weighted by atomic mass is 10.0. The molecule has 0 aliphatic carbocycles. The predicted molar refractivity (Wildman–Crippen MR) is 120 cm³/mol. The number of benzene rings is 2. The van der Waals surface area contributed by atoms with Crippen LogP contribution in [0.3, 0.4) is 0 Å². The second-order valence-corrected chi connectivity index (χ2v) is 7.96. The first-order valence-electron chi connectivity index (χ1n) is 10.9. The number of carbonyl (C=O) groups is 2. The zero-order valence-corrected chi connectivity index (χ0v) is 18.6. The van der Waals surface area contributed by atoms with Crippen molar-refractivity contribution in [3.63, 3.8) is 0 Å². The highest BCUT2D eigenvalue weighted by atomic mass is 16.5. The fourth-order valence-electron chi connectivity index (χ4n) is 3.73. The van der Waals surface area contributed by atoms with Crippen LogP contribution in [0.4, 0.5) is 0 Å². The average Bonchev–Trinajstić information content (AvgIpc) is 2.79. The molecule has 166 valence electrons. The molecular weight excluding hydrogens is 392 g/mol. The van der Waals surface area contributed by atoms with Gasteiger partial charge in [-0.15, -0.1) is 0 Å². The second kappa shape index (κ2) is 10.8. The van der Waals surface area contributed by atoms with Crippen LogP contribution in [0.25, 0.3) is 0 Å². The summed E-state index contributed by atoms with van der Waals surface area (Å²) in [4.78, 5) is 26.6. The smallest absolute Gasteiger partial charge is 0.260 e. The van der Waals surface area contributed by atoms with Crippen molar-refractivity contribution in [2.24, 2.45) is 0 Å². The van der Waals surface area contributed by atoms with Crippen molar-refractivity contribution in [3.8, 4) is 11.5 Å². The van der Waals surface area contributed by atoms with Gasteiger partial charge in [-0.2, -0.15) is 0 Å². The molecule has 0 atom stereocenters. The first kappa shape index (κ1) is 22.7. The highest BCUT2D eigenvalue weighted by molar-refractivity contribution is 5.79. The van der Waals surface area contributed by atoms with Crippen molar-refractivity contribution in [2.75, 3.05) is 26.3 Å². The summed E-state index contributed by atoms with van der Waals surface area (Å²) < 4.78 is 11.4. The summed E-state index contributed by atoms with van der Waals surface area (Å²) in [5.74, 6) is 1.35. The van der Waals surface area contributed by atoms with E-state index in [0.717, 1.165) is 47.5 Å². The van der Waals surface area contributed by atoms with Gasteiger partial charge >= 0.3 is 0 Å². The van der Waals surface area contributed by atoms with Crippen LogP contribution in [-0.4, -0.2) is 49.1 Å². The minimum Gasteiger partial charge on any atom is -0.483 e. The largest absolute Gasteiger partial charge is 0.483 e. The summed E-state index contributed by atoms with van der Waals surface area (Å²) in [5, 5.41) is 3.02. The van der Waals surface area contributed by atoms with E-state index in [-0.39, 0.29) is 31.1 Å². The lowest BCUT2D eigenvalue weighted by Crippen LogP contribution is -2.48. The number of carbonyl (C=O) groups excluding carboxylic acids is 2. The Balaban J connectivity index is 1.39. The Bertz CT molecular complexity index is 904. The summed E-state index contributed by atoms with van der Waals surface area (Å²) in [6.45, 7) is 7.33. The third-order valence-electron chi connectivity index (χ3n) is 5.83. The van der Waals surface area contributed by atoms with E-state index >= 15 is 0 Å². The van der Waals surface area contributed by atoms with Gasteiger partial charge in [0.25, 0.3) is 11.8 Å². The van der Waals surface area contributed by atoms with Gasteiger partial charge in [0.1, 0.15) is 11.5 Å². The Morgan fingerprint density at radius 1 is 0.968 bits per heavy atom. The SMILES string of the molecule is CCc1ccccc1OCC(=O)NC1CCN(C(=O)COc2cccc(C)c2C)CC1. The van der Waals surface area contributed by atoms with Gasteiger partial charge in [-0.25, -0.2) is 0 Å². The second-order valence-electron chi connectivity index (χ2n) is 7.96. The summed E-state index contributed by atoms with van der Waals surface area (Å²) in [7, 11) is 0. The first-order valence-corrected chi connectivity index (χ1v) is 10.9. The maximum absolute atomic E-state index is 12.5. The molecule has 1 aliphatic rings.